The fourth-order valence-corrected chi connectivity index (χ4v) is 3.94. The first-order chi connectivity index (χ1) is 15.1. The Kier molecular flexibility index (Phi) is 6.50. The van der Waals surface area contributed by atoms with E-state index < -0.39 is 23.7 Å². The molecule has 0 saturated carbocycles. The van der Waals surface area contributed by atoms with Gasteiger partial charge < -0.3 is 19.6 Å². The minimum Gasteiger partial charge on any atom is -0.507 e. The van der Waals surface area contributed by atoms with Crippen molar-refractivity contribution in [2.45, 2.75) is 19.9 Å². The first-order valence-corrected chi connectivity index (χ1v) is 10.2. The number of aryl methyl sites for hydroxylation is 2. The summed E-state index contributed by atoms with van der Waals surface area (Å²) in [6.07, 6.45) is 0. The molecule has 1 aromatic heterocycles. The summed E-state index contributed by atoms with van der Waals surface area (Å²) in [4.78, 5) is 41.2. The second-order valence-electron chi connectivity index (χ2n) is 8.08. The van der Waals surface area contributed by atoms with Gasteiger partial charge in [-0.05, 0) is 45.6 Å². The van der Waals surface area contributed by atoms with Gasteiger partial charge in [-0.3, -0.25) is 14.3 Å². The Morgan fingerprint density at radius 2 is 1.81 bits per heavy atom. The number of ketones is 1. The average Bonchev–Trinajstić information content (AvgIpc) is 3.16. The number of Topliss-reactive ketones (excluding diaryl/α,β-unsaturated/α-hetero) is 1. The molecule has 32 heavy (non-hydrogen) atoms. The summed E-state index contributed by atoms with van der Waals surface area (Å²) in [5.41, 5.74) is 2.64. The highest BCUT2D eigenvalue weighted by molar-refractivity contribution is 6.46. The number of hydrogen-bond acceptors (Lipinski definition) is 7. The van der Waals surface area contributed by atoms with Gasteiger partial charge in [-0.15, -0.1) is 0 Å². The van der Waals surface area contributed by atoms with Crippen LogP contribution >= 0.6 is 0 Å². The number of nitrogens with zero attached hydrogens (tertiary/aromatic N) is 4. The highest BCUT2D eigenvalue weighted by Crippen LogP contribution is 2.40. The Bertz CT molecular complexity index is 1100. The van der Waals surface area contributed by atoms with Crippen molar-refractivity contribution in [2.24, 2.45) is 7.05 Å². The van der Waals surface area contributed by atoms with Gasteiger partial charge in [0.25, 0.3) is 11.7 Å². The quantitative estimate of drug-likeness (QED) is 0.316. The van der Waals surface area contributed by atoms with Crippen LogP contribution in [0.2, 0.25) is 0 Å². The maximum atomic E-state index is 13.1. The molecule has 0 unspecified atom stereocenters. The van der Waals surface area contributed by atoms with Crippen molar-refractivity contribution in [1.82, 2.24) is 19.6 Å². The van der Waals surface area contributed by atoms with Crippen molar-refractivity contribution in [1.29, 1.82) is 0 Å². The third-order valence-electron chi connectivity index (χ3n) is 5.72. The summed E-state index contributed by atoms with van der Waals surface area (Å²) in [6, 6.07) is 5.70. The standard InChI is InChI=1S/C23H28N4O5/c1-13-17(14(2)26(5)24-13)20(28)18-19(15-7-9-16(10-8-15)23(31)32-6)27(12-11-25(3)4)22(30)21(18)29/h7-10,19,28H,11-12H2,1-6H3/t19-/m0/s1. The van der Waals surface area contributed by atoms with Crippen LogP contribution in [0.3, 0.4) is 0 Å². The van der Waals surface area contributed by atoms with Crippen LogP contribution in [-0.4, -0.2) is 76.6 Å². The molecule has 0 aliphatic carbocycles. The summed E-state index contributed by atoms with van der Waals surface area (Å²) in [5, 5.41) is 15.6. The average molecular weight is 441 g/mol. The lowest BCUT2D eigenvalue weighted by molar-refractivity contribution is -0.140. The van der Waals surface area contributed by atoms with E-state index in [0.717, 1.165) is 0 Å². The molecule has 1 aromatic carbocycles. The number of likely N-dealkylation sites (N-methyl/N-ethyl adjacent to an activating group) is 1. The molecule has 1 fully saturated rings. The van der Waals surface area contributed by atoms with E-state index in [2.05, 4.69) is 5.10 Å². The van der Waals surface area contributed by atoms with Crippen LogP contribution in [0.1, 0.15) is 38.9 Å². The van der Waals surface area contributed by atoms with Gasteiger partial charge in [-0.25, -0.2) is 4.79 Å². The molecule has 0 spiro atoms. The first-order valence-electron chi connectivity index (χ1n) is 10.2. The maximum absolute atomic E-state index is 13.1. The molecule has 1 aliphatic rings. The third kappa shape index (κ3) is 4.03. The predicted octanol–water partition coefficient (Wildman–Crippen LogP) is 1.81. The van der Waals surface area contributed by atoms with Crippen LogP contribution in [0, 0.1) is 13.8 Å². The van der Waals surface area contributed by atoms with Gasteiger partial charge in [-0.2, -0.15) is 5.10 Å². The number of likely N-dealkylation sites (tertiary alicyclic amines) is 1. The van der Waals surface area contributed by atoms with Gasteiger partial charge >= 0.3 is 5.97 Å². The molecule has 1 amide bonds. The molecule has 2 aromatic rings. The molecule has 1 atom stereocenters. The van der Waals surface area contributed by atoms with Crippen LogP contribution in [0.25, 0.3) is 5.76 Å². The van der Waals surface area contributed by atoms with E-state index in [-0.39, 0.29) is 11.3 Å². The van der Waals surface area contributed by atoms with E-state index in [1.54, 1.807) is 49.8 Å². The molecular formula is C23H28N4O5. The number of rotatable bonds is 6. The Morgan fingerprint density at radius 3 is 2.31 bits per heavy atom. The second-order valence-corrected chi connectivity index (χ2v) is 8.08. The summed E-state index contributed by atoms with van der Waals surface area (Å²) >= 11 is 0. The molecular weight excluding hydrogens is 412 g/mol. The molecule has 1 aliphatic heterocycles. The van der Waals surface area contributed by atoms with Crippen molar-refractivity contribution >= 4 is 23.4 Å². The number of benzene rings is 1. The number of aliphatic hydroxyl groups is 1. The molecule has 2 heterocycles. The monoisotopic (exact) mass is 440 g/mol. The molecule has 170 valence electrons. The number of amides is 1. The molecule has 1 N–H and O–H groups in total. The van der Waals surface area contributed by atoms with Crippen molar-refractivity contribution in [2.75, 3.05) is 34.3 Å². The van der Waals surface area contributed by atoms with Gasteiger partial charge in [0.2, 0.25) is 0 Å². The molecule has 1 saturated heterocycles. The highest BCUT2D eigenvalue weighted by Gasteiger charge is 2.46. The summed E-state index contributed by atoms with van der Waals surface area (Å²) in [5.74, 6) is -2.15. The summed E-state index contributed by atoms with van der Waals surface area (Å²) < 4.78 is 6.36. The van der Waals surface area contributed by atoms with Crippen molar-refractivity contribution in [3.8, 4) is 0 Å². The smallest absolute Gasteiger partial charge is 0.337 e. The zero-order chi connectivity index (χ0) is 23.7. The van der Waals surface area contributed by atoms with Crippen LogP contribution in [-0.2, 0) is 21.4 Å². The van der Waals surface area contributed by atoms with Gasteiger partial charge in [0, 0.05) is 25.8 Å². The van der Waals surface area contributed by atoms with E-state index in [0.29, 0.717) is 41.2 Å². The Labute approximate surface area is 186 Å². The van der Waals surface area contributed by atoms with E-state index in [1.165, 1.54) is 12.0 Å². The number of ether oxygens (including phenoxy) is 1. The van der Waals surface area contributed by atoms with Crippen LogP contribution in [0.15, 0.2) is 29.8 Å². The third-order valence-corrected chi connectivity index (χ3v) is 5.72. The fraction of sp³-hybridized carbons (Fsp3) is 0.391. The number of aliphatic hydroxyl groups excluding tert-OH is 1. The lowest BCUT2D eigenvalue weighted by Crippen LogP contribution is -2.35. The van der Waals surface area contributed by atoms with E-state index >= 15 is 0 Å². The summed E-state index contributed by atoms with van der Waals surface area (Å²) in [7, 11) is 6.79. The van der Waals surface area contributed by atoms with Gasteiger partial charge in [0.1, 0.15) is 5.76 Å². The van der Waals surface area contributed by atoms with E-state index in [9.17, 15) is 19.5 Å². The van der Waals surface area contributed by atoms with E-state index in [4.69, 9.17) is 4.74 Å². The largest absolute Gasteiger partial charge is 0.507 e. The number of methoxy groups -OCH3 is 1. The Hall–Kier alpha value is -3.46. The molecule has 3 rings (SSSR count). The highest BCUT2D eigenvalue weighted by atomic mass is 16.5. The number of aromatic nitrogens is 2. The lowest BCUT2D eigenvalue weighted by atomic mass is 9.94. The number of hydrogen-bond donors (Lipinski definition) is 1. The number of carbonyl (C=O) groups is 3. The number of carbonyl (C=O) groups excluding carboxylic acids is 3. The maximum Gasteiger partial charge on any atom is 0.337 e. The number of esters is 1. The lowest BCUT2D eigenvalue weighted by Gasteiger charge is -2.26. The van der Waals surface area contributed by atoms with Crippen molar-refractivity contribution < 1.29 is 24.2 Å². The van der Waals surface area contributed by atoms with Crippen molar-refractivity contribution in [3.05, 3.63) is 57.9 Å². The Balaban J connectivity index is 2.18. The zero-order valence-electron chi connectivity index (χ0n) is 19.2. The first kappa shape index (κ1) is 23.2. The van der Waals surface area contributed by atoms with Gasteiger partial charge in [-0.1, -0.05) is 12.1 Å². The van der Waals surface area contributed by atoms with Crippen LogP contribution < -0.4 is 0 Å². The van der Waals surface area contributed by atoms with Crippen LogP contribution in [0.4, 0.5) is 0 Å². The van der Waals surface area contributed by atoms with Gasteiger partial charge in [0.15, 0.2) is 0 Å². The van der Waals surface area contributed by atoms with Crippen molar-refractivity contribution in [3.63, 3.8) is 0 Å². The predicted molar refractivity (Wildman–Crippen MR) is 118 cm³/mol. The topological polar surface area (TPSA) is 105 Å². The minimum absolute atomic E-state index is 0.0128. The Morgan fingerprint density at radius 1 is 1.19 bits per heavy atom. The normalized spacial score (nSPS) is 18.0. The van der Waals surface area contributed by atoms with Gasteiger partial charge in [0.05, 0.1) is 35.5 Å². The second kappa shape index (κ2) is 8.96. The molecule has 0 bridgehead atoms. The zero-order valence-corrected chi connectivity index (χ0v) is 19.2. The SMILES string of the molecule is COC(=O)c1ccc([C@H]2C(=C(O)c3c(C)nn(C)c3C)C(=O)C(=O)N2CCN(C)C)cc1. The minimum atomic E-state index is -0.791. The molecule has 9 heteroatoms. The molecule has 9 nitrogen and oxygen atoms in total. The summed E-state index contributed by atoms with van der Waals surface area (Å²) in [6.45, 7) is 4.36. The van der Waals surface area contributed by atoms with Crippen LogP contribution in [0.5, 0.6) is 0 Å². The molecule has 0 radical (unpaired) electrons. The van der Waals surface area contributed by atoms with E-state index in [1.807, 2.05) is 19.0 Å². The fourth-order valence-electron chi connectivity index (χ4n) is 3.94.